The lowest BCUT2D eigenvalue weighted by Crippen LogP contribution is -1.87. The Labute approximate surface area is 119 Å². The van der Waals surface area contributed by atoms with Crippen LogP contribution in [0.2, 0.25) is 0 Å². The third-order valence-corrected chi connectivity index (χ3v) is 4.01. The molecule has 96 valence electrons. The molecule has 3 aromatic carbocycles. The molecule has 0 N–H and O–H groups in total. The van der Waals surface area contributed by atoms with Crippen LogP contribution in [0.15, 0.2) is 71.1 Å². The van der Waals surface area contributed by atoms with Crippen molar-refractivity contribution in [2.45, 2.75) is 0 Å². The number of furan rings is 1. The summed E-state index contributed by atoms with van der Waals surface area (Å²) in [4.78, 5) is 0. The number of hydrogen-bond donors (Lipinski definition) is 0. The topological polar surface area (TPSA) is 13.1 Å². The maximum atomic E-state index is 5.86. The third kappa shape index (κ3) is 1.83. The Morgan fingerprint density at radius 1 is 0.650 bits per heavy atom. The highest BCUT2D eigenvalue weighted by atomic mass is 31.0. The van der Waals surface area contributed by atoms with E-state index in [4.69, 9.17) is 4.42 Å². The van der Waals surface area contributed by atoms with Crippen LogP contribution in [0.1, 0.15) is 0 Å². The molecular weight excluding hydrogens is 263 g/mol. The first-order valence-corrected chi connectivity index (χ1v) is 7.16. The van der Waals surface area contributed by atoms with Crippen LogP contribution in [0.3, 0.4) is 0 Å². The van der Waals surface area contributed by atoms with E-state index in [0.717, 1.165) is 11.2 Å². The Morgan fingerprint density at radius 3 is 2.20 bits per heavy atom. The Bertz CT molecular complexity index is 904. The van der Waals surface area contributed by atoms with Crippen LogP contribution in [0.5, 0.6) is 0 Å². The van der Waals surface area contributed by atoms with Gasteiger partial charge in [-0.2, -0.15) is 0 Å². The molecule has 0 aliphatic heterocycles. The van der Waals surface area contributed by atoms with Crippen LogP contribution in [-0.4, -0.2) is 0 Å². The fourth-order valence-electron chi connectivity index (χ4n) is 2.58. The first-order chi connectivity index (χ1) is 9.81. The highest BCUT2D eigenvalue weighted by Crippen LogP contribution is 2.32. The molecule has 0 aliphatic rings. The predicted molar refractivity (Wildman–Crippen MR) is 88.5 cm³/mol. The van der Waals surface area contributed by atoms with Gasteiger partial charge in [-0.3, -0.25) is 0 Å². The third-order valence-electron chi connectivity index (χ3n) is 3.62. The molecule has 0 bridgehead atoms. The van der Waals surface area contributed by atoms with Crippen molar-refractivity contribution in [3.63, 3.8) is 0 Å². The van der Waals surface area contributed by atoms with E-state index in [1.165, 1.54) is 27.2 Å². The molecule has 20 heavy (non-hydrogen) atoms. The molecule has 0 saturated carbocycles. The Kier molecular flexibility index (Phi) is 2.61. The van der Waals surface area contributed by atoms with E-state index in [0.29, 0.717) is 0 Å². The second-order valence-electron chi connectivity index (χ2n) is 4.93. The number of fused-ring (bicyclic) bond motifs is 3. The van der Waals surface area contributed by atoms with Crippen molar-refractivity contribution in [2.75, 3.05) is 0 Å². The summed E-state index contributed by atoms with van der Waals surface area (Å²) < 4.78 is 5.86. The molecule has 1 atom stereocenters. The monoisotopic (exact) mass is 276 g/mol. The van der Waals surface area contributed by atoms with Crippen molar-refractivity contribution in [1.29, 1.82) is 0 Å². The van der Waals surface area contributed by atoms with E-state index in [-0.39, 0.29) is 0 Å². The summed E-state index contributed by atoms with van der Waals surface area (Å²) in [6.45, 7) is 0. The van der Waals surface area contributed by atoms with Gasteiger partial charge in [-0.05, 0) is 34.6 Å². The van der Waals surface area contributed by atoms with E-state index >= 15 is 0 Å². The lowest BCUT2D eigenvalue weighted by atomic mass is 10.0. The zero-order valence-electron chi connectivity index (χ0n) is 10.8. The van der Waals surface area contributed by atoms with Gasteiger partial charge in [0, 0.05) is 10.8 Å². The predicted octanol–water partition coefficient (Wildman–Crippen LogP) is 4.75. The summed E-state index contributed by atoms with van der Waals surface area (Å²) in [6, 6.07) is 23.1. The van der Waals surface area contributed by atoms with Crippen LogP contribution in [0, 0.1) is 0 Å². The summed E-state index contributed by atoms with van der Waals surface area (Å²) in [5.74, 6) is 0. The molecule has 1 unspecified atom stereocenters. The maximum absolute atomic E-state index is 5.86. The molecule has 0 radical (unpaired) electrons. The van der Waals surface area contributed by atoms with Crippen LogP contribution in [-0.2, 0) is 0 Å². The first-order valence-electron chi connectivity index (χ1n) is 6.58. The molecule has 1 nitrogen and oxygen atoms in total. The van der Waals surface area contributed by atoms with Crippen LogP contribution < -0.4 is 5.30 Å². The van der Waals surface area contributed by atoms with Gasteiger partial charge in [-0.1, -0.05) is 48.5 Å². The quantitative estimate of drug-likeness (QED) is 0.457. The van der Waals surface area contributed by atoms with Gasteiger partial charge in [0.2, 0.25) is 0 Å². The van der Waals surface area contributed by atoms with Gasteiger partial charge in [-0.15, -0.1) is 9.24 Å². The van der Waals surface area contributed by atoms with Gasteiger partial charge < -0.3 is 4.42 Å². The van der Waals surface area contributed by atoms with E-state index in [9.17, 15) is 0 Å². The summed E-state index contributed by atoms with van der Waals surface area (Å²) in [6.07, 6.45) is 0. The summed E-state index contributed by atoms with van der Waals surface area (Å²) in [7, 11) is 2.71. The Balaban J connectivity index is 1.97. The molecule has 1 aromatic heterocycles. The molecular formula is C18H13OP. The fourth-order valence-corrected chi connectivity index (χ4v) is 2.77. The normalized spacial score (nSPS) is 11.2. The fraction of sp³-hybridized carbons (Fsp3) is 0. The van der Waals surface area contributed by atoms with E-state index in [1.54, 1.807) is 0 Å². The van der Waals surface area contributed by atoms with Gasteiger partial charge >= 0.3 is 0 Å². The van der Waals surface area contributed by atoms with Crippen molar-refractivity contribution in [2.24, 2.45) is 0 Å². The molecule has 0 spiro atoms. The average Bonchev–Trinajstić information content (AvgIpc) is 2.86. The maximum Gasteiger partial charge on any atom is 0.135 e. The molecule has 0 amide bonds. The van der Waals surface area contributed by atoms with Gasteiger partial charge in [0.15, 0.2) is 0 Å². The molecule has 4 aromatic rings. The minimum atomic E-state index is 0.942. The van der Waals surface area contributed by atoms with E-state index in [2.05, 4.69) is 57.8 Å². The minimum Gasteiger partial charge on any atom is -0.456 e. The number of hydrogen-bond acceptors (Lipinski definition) is 1. The highest BCUT2D eigenvalue weighted by Gasteiger charge is 2.07. The van der Waals surface area contributed by atoms with E-state index in [1.807, 2.05) is 18.2 Å². The van der Waals surface area contributed by atoms with Gasteiger partial charge in [0.05, 0.1) is 0 Å². The second kappa shape index (κ2) is 4.47. The zero-order valence-corrected chi connectivity index (χ0v) is 12.0. The first kappa shape index (κ1) is 11.7. The Hall–Kier alpha value is -2.11. The number of para-hydroxylation sites is 1. The van der Waals surface area contributed by atoms with Crippen LogP contribution >= 0.6 is 9.24 Å². The summed E-state index contributed by atoms with van der Waals surface area (Å²) >= 11 is 0. The largest absolute Gasteiger partial charge is 0.456 e. The lowest BCUT2D eigenvalue weighted by Gasteiger charge is -2.02. The average molecular weight is 276 g/mol. The van der Waals surface area contributed by atoms with E-state index < -0.39 is 0 Å². The van der Waals surface area contributed by atoms with Crippen LogP contribution in [0.4, 0.5) is 0 Å². The van der Waals surface area contributed by atoms with Crippen LogP contribution in [0.25, 0.3) is 33.1 Å². The lowest BCUT2D eigenvalue weighted by molar-refractivity contribution is 0.669. The molecule has 2 heteroatoms. The molecule has 1 heterocycles. The molecule has 0 aliphatic carbocycles. The van der Waals surface area contributed by atoms with Gasteiger partial charge in [0.1, 0.15) is 11.2 Å². The summed E-state index contributed by atoms with van der Waals surface area (Å²) in [5, 5.41) is 3.55. The Morgan fingerprint density at radius 2 is 1.35 bits per heavy atom. The number of benzene rings is 3. The van der Waals surface area contributed by atoms with Crippen molar-refractivity contribution in [1.82, 2.24) is 0 Å². The molecule has 0 saturated heterocycles. The molecule has 0 fully saturated rings. The van der Waals surface area contributed by atoms with Gasteiger partial charge in [-0.25, -0.2) is 0 Å². The second-order valence-corrected chi connectivity index (χ2v) is 5.60. The summed E-state index contributed by atoms with van der Waals surface area (Å²) in [5.41, 5.74) is 4.33. The molecule has 4 rings (SSSR count). The SMILES string of the molecule is Pc1ccc(-c2ccc3oc4ccccc4c3c2)cc1. The highest BCUT2D eigenvalue weighted by molar-refractivity contribution is 7.27. The van der Waals surface area contributed by atoms with Crippen molar-refractivity contribution >= 4 is 36.5 Å². The van der Waals surface area contributed by atoms with Crippen molar-refractivity contribution in [3.05, 3.63) is 66.7 Å². The smallest absolute Gasteiger partial charge is 0.135 e. The zero-order chi connectivity index (χ0) is 13.5. The minimum absolute atomic E-state index is 0.942. The number of rotatable bonds is 1. The van der Waals surface area contributed by atoms with Crippen molar-refractivity contribution < 1.29 is 4.42 Å². The van der Waals surface area contributed by atoms with Gasteiger partial charge in [0.25, 0.3) is 0 Å². The van der Waals surface area contributed by atoms with Crippen molar-refractivity contribution in [3.8, 4) is 11.1 Å². The standard InChI is InChI=1S/C18H13OP/c20-14-8-5-12(6-9-14)13-7-10-18-16(11-13)15-3-1-2-4-17(15)19-18/h1-11H,20H2.